The largest absolute Gasteiger partial charge is 0.444 e. The van der Waals surface area contributed by atoms with Gasteiger partial charge in [0.1, 0.15) is 5.60 Å². The van der Waals surface area contributed by atoms with Crippen LogP contribution in [0.4, 0.5) is 15.3 Å². The second-order valence-electron chi connectivity index (χ2n) is 8.98. The summed E-state index contributed by atoms with van der Waals surface area (Å²) in [6.45, 7) is 13.6. The van der Waals surface area contributed by atoms with Crippen molar-refractivity contribution < 1.29 is 14.3 Å². The number of aryl methyl sites for hydroxylation is 1. The van der Waals surface area contributed by atoms with Gasteiger partial charge in [0.2, 0.25) is 0 Å². The van der Waals surface area contributed by atoms with Crippen molar-refractivity contribution in [1.29, 1.82) is 0 Å². The van der Waals surface area contributed by atoms with Crippen LogP contribution in [-0.4, -0.2) is 53.2 Å². The first kappa shape index (κ1) is 22.1. The lowest BCUT2D eigenvalue weighted by Gasteiger charge is -2.37. The van der Waals surface area contributed by atoms with Crippen molar-refractivity contribution in [3.63, 3.8) is 0 Å². The maximum absolute atomic E-state index is 12.7. The summed E-state index contributed by atoms with van der Waals surface area (Å²) in [6, 6.07) is 7.77. The maximum atomic E-state index is 12.7. The number of anilines is 1. The average molecular weight is 390 g/mol. The standard InChI is InChI=1S/C22H35N3O3/c1-16(2)25(21(27)28-22(4,5)6)15-18-10-8-12-24(14-18)20(26)23-19-11-7-9-17(3)13-19/h7,9,11,13,16,18H,8,10,12,14-15H2,1-6H3,(H,23,26). The number of hydrogen-bond acceptors (Lipinski definition) is 3. The molecule has 3 amide bonds. The van der Waals surface area contributed by atoms with E-state index >= 15 is 0 Å². The van der Waals surface area contributed by atoms with E-state index < -0.39 is 5.60 Å². The summed E-state index contributed by atoms with van der Waals surface area (Å²) in [6.07, 6.45) is 1.65. The van der Waals surface area contributed by atoms with Gasteiger partial charge in [-0.3, -0.25) is 0 Å². The minimum Gasteiger partial charge on any atom is -0.444 e. The van der Waals surface area contributed by atoms with Gasteiger partial charge in [-0.1, -0.05) is 12.1 Å². The van der Waals surface area contributed by atoms with E-state index in [1.807, 2.05) is 70.7 Å². The number of rotatable bonds is 4. The average Bonchev–Trinajstić information content (AvgIpc) is 2.58. The number of benzene rings is 1. The molecule has 1 aliphatic rings. The van der Waals surface area contributed by atoms with Crippen molar-refractivity contribution in [1.82, 2.24) is 9.80 Å². The molecule has 1 heterocycles. The summed E-state index contributed by atoms with van der Waals surface area (Å²) < 4.78 is 5.56. The van der Waals surface area contributed by atoms with Crippen LogP contribution in [0.2, 0.25) is 0 Å². The Balaban J connectivity index is 1.97. The van der Waals surface area contributed by atoms with E-state index in [1.54, 1.807) is 4.90 Å². The summed E-state index contributed by atoms with van der Waals surface area (Å²) in [4.78, 5) is 28.9. The van der Waals surface area contributed by atoms with Crippen LogP contribution in [0.25, 0.3) is 0 Å². The number of piperidine rings is 1. The van der Waals surface area contributed by atoms with E-state index in [1.165, 1.54) is 0 Å². The Morgan fingerprint density at radius 1 is 1.32 bits per heavy atom. The number of carbonyl (C=O) groups is 2. The molecule has 1 aliphatic heterocycles. The molecule has 6 nitrogen and oxygen atoms in total. The monoisotopic (exact) mass is 389 g/mol. The van der Waals surface area contributed by atoms with E-state index in [0.717, 1.165) is 30.6 Å². The molecule has 0 bridgehead atoms. The van der Waals surface area contributed by atoms with Crippen LogP contribution in [0.3, 0.4) is 0 Å². The van der Waals surface area contributed by atoms with Gasteiger partial charge in [0.25, 0.3) is 0 Å². The number of nitrogens with zero attached hydrogens (tertiary/aromatic N) is 2. The lowest BCUT2D eigenvalue weighted by atomic mass is 9.97. The van der Waals surface area contributed by atoms with Gasteiger partial charge in [-0.15, -0.1) is 0 Å². The molecule has 2 rings (SSSR count). The molecule has 1 N–H and O–H groups in total. The fraction of sp³-hybridized carbons (Fsp3) is 0.636. The zero-order chi connectivity index (χ0) is 20.9. The molecule has 1 aromatic carbocycles. The Bertz CT molecular complexity index is 682. The van der Waals surface area contributed by atoms with Crippen LogP contribution in [0, 0.1) is 12.8 Å². The van der Waals surface area contributed by atoms with Gasteiger partial charge in [0.15, 0.2) is 0 Å². The lowest BCUT2D eigenvalue weighted by molar-refractivity contribution is 0.0132. The van der Waals surface area contributed by atoms with Crippen LogP contribution in [0.5, 0.6) is 0 Å². The van der Waals surface area contributed by atoms with Crippen LogP contribution in [-0.2, 0) is 4.74 Å². The first-order chi connectivity index (χ1) is 13.0. The van der Waals surface area contributed by atoms with Gasteiger partial charge in [0, 0.05) is 31.4 Å². The van der Waals surface area contributed by atoms with Crippen molar-refractivity contribution in [2.75, 3.05) is 25.0 Å². The molecule has 1 aromatic rings. The molecule has 1 unspecified atom stereocenters. The van der Waals surface area contributed by atoms with Gasteiger partial charge in [-0.2, -0.15) is 0 Å². The molecule has 6 heteroatoms. The number of hydrogen-bond donors (Lipinski definition) is 1. The smallest absolute Gasteiger partial charge is 0.410 e. The molecule has 1 fully saturated rings. The quantitative estimate of drug-likeness (QED) is 0.798. The zero-order valence-electron chi connectivity index (χ0n) is 18.1. The molecule has 156 valence electrons. The molecular weight excluding hydrogens is 354 g/mol. The zero-order valence-corrected chi connectivity index (χ0v) is 18.1. The minimum absolute atomic E-state index is 0.0475. The Morgan fingerprint density at radius 2 is 2.04 bits per heavy atom. The third-order valence-corrected chi connectivity index (χ3v) is 4.78. The highest BCUT2D eigenvalue weighted by atomic mass is 16.6. The van der Waals surface area contributed by atoms with Crippen LogP contribution in [0.1, 0.15) is 53.0 Å². The van der Waals surface area contributed by atoms with Crippen LogP contribution in [0.15, 0.2) is 24.3 Å². The Kier molecular flexibility index (Phi) is 7.33. The molecule has 0 aliphatic carbocycles. The van der Waals surface area contributed by atoms with Crippen molar-refractivity contribution in [3.8, 4) is 0 Å². The topological polar surface area (TPSA) is 61.9 Å². The van der Waals surface area contributed by atoms with Gasteiger partial charge in [-0.25, -0.2) is 9.59 Å². The molecule has 0 spiro atoms. The van der Waals surface area contributed by atoms with E-state index in [-0.39, 0.29) is 24.1 Å². The Hall–Kier alpha value is -2.24. The van der Waals surface area contributed by atoms with E-state index in [4.69, 9.17) is 4.74 Å². The summed E-state index contributed by atoms with van der Waals surface area (Å²) in [7, 11) is 0. The van der Waals surface area contributed by atoms with Crippen molar-refractivity contribution in [2.45, 2.75) is 66.0 Å². The summed E-state index contributed by atoms with van der Waals surface area (Å²) in [5.41, 5.74) is 1.40. The predicted molar refractivity (Wildman–Crippen MR) is 113 cm³/mol. The highest BCUT2D eigenvalue weighted by molar-refractivity contribution is 5.89. The number of urea groups is 1. The summed E-state index contributed by atoms with van der Waals surface area (Å²) in [5.74, 6) is 0.243. The summed E-state index contributed by atoms with van der Waals surface area (Å²) >= 11 is 0. The van der Waals surface area contributed by atoms with Gasteiger partial charge < -0.3 is 19.9 Å². The maximum Gasteiger partial charge on any atom is 0.410 e. The Morgan fingerprint density at radius 3 is 2.64 bits per heavy atom. The Labute approximate surface area is 169 Å². The second-order valence-corrected chi connectivity index (χ2v) is 8.98. The normalized spacial score (nSPS) is 17.4. The van der Waals surface area contributed by atoms with Crippen molar-refractivity contribution in [2.24, 2.45) is 5.92 Å². The third-order valence-electron chi connectivity index (χ3n) is 4.78. The summed E-state index contributed by atoms with van der Waals surface area (Å²) in [5, 5.41) is 2.98. The molecular formula is C22H35N3O3. The van der Waals surface area contributed by atoms with Crippen LogP contribution >= 0.6 is 0 Å². The predicted octanol–water partition coefficient (Wildman–Crippen LogP) is 4.88. The molecule has 0 aromatic heterocycles. The number of carbonyl (C=O) groups excluding carboxylic acids is 2. The van der Waals surface area contributed by atoms with E-state index in [9.17, 15) is 9.59 Å². The highest BCUT2D eigenvalue weighted by Gasteiger charge is 2.30. The molecule has 0 saturated carbocycles. The molecule has 1 atom stereocenters. The van der Waals surface area contributed by atoms with Gasteiger partial charge in [-0.05, 0) is 78.0 Å². The fourth-order valence-corrected chi connectivity index (χ4v) is 3.42. The minimum atomic E-state index is -0.517. The van der Waals surface area contributed by atoms with Crippen molar-refractivity contribution in [3.05, 3.63) is 29.8 Å². The lowest BCUT2D eigenvalue weighted by Crippen LogP contribution is -2.48. The highest BCUT2D eigenvalue weighted by Crippen LogP contribution is 2.21. The SMILES string of the molecule is Cc1cccc(NC(=O)N2CCCC(CN(C(=O)OC(C)(C)C)C(C)C)C2)c1. The van der Waals surface area contributed by atoms with E-state index in [2.05, 4.69) is 5.32 Å². The molecule has 28 heavy (non-hydrogen) atoms. The van der Waals surface area contributed by atoms with Crippen molar-refractivity contribution >= 4 is 17.8 Å². The van der Waals surface area contributed by atoms with Gasteiger partial charge >= 0.3 is 12.1 Å². The van der Waals surface area contributed by atoms with E-state index in [0.29, 0.717) is 13.1 Å². The first-order valence-corrected chi connectivity index (χ1v) is 10.2. The van der Waals surface area contributed by atoms with Gasteiger partial charge in [0.05, 0.1) is 0 Å². The number of amides is 3. The molecule has 1 saturated heterocycles. The number of likely N-dealkylation sites (tertiary alicyclic amines) is 1. The number of ether oxygens (including phenoxy) is 1. The molecule has 0 radical (unpaired) electrons. The second kappa shape index (κ2) is 9.30. The third kappa shape index (κ3) is 6.73. The first-order valence-electron chi connectivity index (χ1n) is 10.2. The number of nitrogens with one attached hydrogen (secondary N) is 1. The van der Waals surface area contributed by atoms with Crippen LogP contribution < -0.4 is 5.32 Å². The fourth-order valence-electron chi connectivity index (χ4n) is 3.42.